The lowest BCUT2D eigenvalue weighted by atomic mass is 10.0. The van der Waals surface area contributed by atoms with E-state index in [9.17, 15) is 4.79 Å². The summed E-state index contributed by atoms with van der Waals surface area (Å²) in [6.07, 6.45) is 1.67. The van der Waals surface area contributed by atoms with Crippen LogP contribution in [0.25, 0.3) is 0 Å². The summed E-state index contributed by atoms with van der Waals surface area (Å²) in [7, 11) is 0. The van der Waals surface area contributed by atoms with Crippen LogP contribution in [-0.4, -0.2) is 28.4 Å². The molecule has 0 saturated heterocycles. The lowest BCUT2D eigenvalue weighted by molar-refractivity contribution is -0.135. The van der Waals surface area contributed by atoms with Gasteiger partial charge in [0.25, 0.3) is 0 Å². The average Bonchev–Trinajstić information content (AvgIpc) is 2.13. The molecule has 0 aromatic rings. The second-order valence-electron chi connectivity index (χ2n) is 3.96. The highest BCUT2D eigenvalue weighted by atomic mass is 32.1. The molecule has 0 aromatic carbocycles. The van der Waals surface area contributed by atoms with E-state index >= 15 is 0 Å². The lowest BCUT2D eigenvalue weighted by Gasteiger charge is -2.29. The number of nitrogens with zero attached hydrogens (tertiary/aromatic N) is 1. The zero-order valence-corrected chi connectivity index (χ0v) is 10.9. The van der Waals surface area contributed by atoms with Crippen molar-refractivity contribution in [3.8, 4) is 0 Å². The molecular weight excluding hydrogens is 208 g/mol. The predicted molar refractivity (Wildman–Crippen MR) is 67.7 cm³/mol. The molecule has 4 heteroatoms. The highest BCUT2D eigenvalue weighted by molar-refractivity contribution is 7.80. The van der Waals surface area contributed by atoms with Crippen LogP contribution in [0.15, 0.2) is 0 Å². The molecule has 0 fully saturated rings. The van der Waals surface area contributed by atoms with Gasteiger partial charge in [0.05, 0.1) is 10.9 Å². The van der Waals surface area contributed by atoms with Crippen LogP contribution in [0.3, 0.4) is 0 Å². The maximum Gasteiger partial charge on any atom is 0.232 e. The maximum atomic E-state index is 12.1. The molecule has 1 unspecified atom stereocenters. The van der Waals surface area contributed by atoms with Gasteiger partial charge in [0.15, 0.2) is 0 Å². The number of hydrogen-bond acceptors (Lipinski definition) is 2. The third-order valence-electron chi connectivity index (χ3n) is 2.47. The first-order valence-corrected chi connectivity index (χ1v) is 5.96. The van der Waals surface area contributed by atoms with Gasteiger partial charge < -0.3 is 10.6 Å². The number of thiocarbonyl (C=S) groups is 1. The van der Waals surface area contributed by atoms with Gasteiger partial charge in [0, 0.05) is 12.6 Å². The van der Waals surface area contributed by atoms with Gasteiger partial charge in [-0.15, -0.1) is 0 Å². The Balaban J connectivity index is 4.67. The molecule has 1 atom stereocenters. The van der Waals surface area contributed by atoms with E-state index in [-0.39, 0.29) is 17.9 Å². The average molecular weight is 230 g/mol. The number of nitrogens with two attached hydrogens (primary N) is 1. The molecule has 0 saturated carbocycles. The van der Waals surface area contributed by atoms with Crippen LogP contribution in [0.5, 0.6) is 0 Å². The first-order valence-electron chi connectivity index (χ1n) is 5.55. The predicted octanol–water partition coefficient (Wildman–Crippen LogP) is 1.95. The molecule has 0 radical (unpaired) electrons. The van der Waals surface area contributed by atoms with E-state index in [1.165, 1.54) is 0 Å². The second kappa shape index (κ2) is 6.77. The van der Waals surface area contributed by atoms with Gasteiger partial charge in [-0.3, -0.25) is 4.79 Å². The van der Waals surface area contributed by atoms with Crippen LogP contribution in [-0.2, 0) is 4.79 Å². The summed E-state index contributed by atoms with van der Waals surface area (Å²) in [5, 5.41) is 0. The molecule has 15 heavy (non-hydrogen) atoms. The number of hydrogen-bond donors (Lipinski definition) is 1. The molecule has 0 bridgehead atoms. The third-order valence-corrected chi connectivity index (χ3v) is 2.75. The van der Waals surface area contributed by atoms with E-state index in [2.05, 4.69) is 0 Å². The second-order valence-corrected chi connectivity index (χ2v) is 4.43. The summed E-state index contributed by atoms with van der Waals surface area (Å²) in [6, 6.07) is 0.205. The molecule has 0 aromatic heterocycles. The Labute approximate surface area is 98.0 Å². The van der Waals surface area contributed by atoms with Gasteiger partial charge in [-0.05, 0) is 27.2 Å². The third kappa shape index (κ3) is 4.16. The summed E-state index contributed by atoms with van der Waals surface area (Å²) >= 11 is 4.94. The van der Waals surface area contributed by atoms with Crippen LogP contribution in [0.4, 0.5) is 0 Å². The fraction of sp³-hybridized carbons (Fsp3) is 0.818. The van der Waals surface area contributed by atoms with Gasteiger partial charge >= 0.3 is 0 Å². The molecule has 0 spiro atoms. The quantitative estimate of drug-likeness (QED) is 0.709. The molecular formula is C11H22N2OS. The fourth-order valence-electron chi connectivity index (χ4n) is 1.65. The van der Waals surface area contributed by atoms with Gasteiger partial charge in [-0.1, -0.05) is 25.6 Å². The van der Waals surface area contributed by atoms with E-state index < -0.39 is 0 Å². The molecule has 2 N–H and O–H groups in total. The number of carbonyl (C=O) groups excluding carboxylic acids is 1. The zero-order valence-electron chi connectivity index (χ0n) is 10.1. The summed E-state index contributed by atoms with van der Waals surface area (Å²) in [5.74, 6) is -0.214. The normalized spacial score (nSPS) is 12.6. The monoisotopic (exact) mass is 230 g/mol. The van der Waals surface area contributed by atoms with Crippen molar-refractivity contribution in [2.45, 2.75) is 46.6 Å². The van der Waals surface area contributed by atoms with Crippen molar-refractivity contribution in [2.75, 3.05) is 6.54 Å². The maximum absolute atomic E-state index is 12.1. The van der Waals surface area contributed by atoms with Crippen LogP contribution in [0, 0.1) is 5.92 Å². The van der Waals surface area contributed by atoms with E-state index in [0.29, 0.717) is 11.5 Å². The van der Waals surface area contributed by atoms with Crippen LogP contribution < -0.4 is 5.73 Å². The van der Waals surface area contributed by atoms with Crippen LogP contribution in [0.1, 0.15) is 40.5 Å². The lowest BCUT2D eigenvalue weighted by Crippen LogP contribution is -2.44. The Morgan fingerprint density at radius 3 is 2.20 bits per heavy atom. The van der Waals surface area contributed by atoms with E-state index in [1.807, 2.05) is 32.6 Å². The van der Waals surface area contributed by atoms with Crippen molar-refractivity contribution in [2.24, 2.45) is 11.7 Å². The van der Waals surface area contributed by atoms with Gasteiger partial charge in [0.1, 0.15) is 0 Å². The fourth-order valence-corrected chi connectivity index (χ4v) is 1.87. The highest BCUT2D eigenvalue weighted by Gasteiger charge is 2.26. The minimum Gasteiger partial charge on any atom is -0.393 e. The Morgan fingerprint density at radius 2 is 1.93 bits per heavy atom. The summed E-state index contributed by atoms with van der Waals surface area (Å²) in [6.45, 7) is 8.72. The van der Waals surface area contributed by atoms with Crippen molar-refractivity contribution < 1.29 is 4.79 Å². The molecule has 0 aliphatic carbocycles. The molecule has 1 amide bonds. The largest absolute Gasteiger partial charge is 0.393 e. The molecule has 0 aliphatic rings. The van der Waals surface area contributed by atoms with Crippen molar-refractivity contribution in [3.63, 3.8) is 0 Å². The Kier molecular flexibility index (Phi) is 6.48. The van der Waals surface area contributed by atoms with Gasteiger partial charge in [-0.2, -0.15) is 0 Å². The Hall–Kier alpha value is -0.640. The summed E-state index contributed by atoms with van der Waals surface area (Å²) in [4.78, 5) is 14.2. The van der Waals surface area contributed by atoms with Crippen molar-refractivity contribution in [1.29, 1.82) is 0 Å². The topological polar surface area (TPSA) is 46.3 Å². The standard InChI is InChI=1S/C11H22N2OS/c1-5-7-9(10(12)15)11(14)13(6-2)8(3)4/h8-9H,5-7H2,1-4H3,(H2,12,15). The molecule has 3 nitrogen and oxygen atoms in total. The molecule has 0 aliphatic heterocycles. The van der Waals surface area contributed by atoms with E-state index in [0.717, 1.165) is 12.8 Å². The van der Waals surface area contributed by atoms with E-state index in [1.54, 1.807) is 0 Å². The summed E-state index contributed by atoms with van der Waals surface area (Å²) in [5.41, 5.74) is 5.60. The van der Waals surface area contributed by atoms with E-state index in [4.69, 9.17) is 18.0 Å². The Bertz CT molecular complexity index is 229. The minimum atomic E-state index is -0.285. The number of amides is 1. The minimum absolute atomic E-state index is 0.0712. The van der Waals surface area contributed by atoms with Crippen LogP contribution >= 0.6 is 12.2 Å². The first-order chi connectivity index (χ1) is 6.95. The van der Waals surface area contributed by atoms with Gasteiger partial charge in [0.2, 0.25) is 5.91 Å². The number of carbonyl (C=O) groups is 1. The summed E-state index contributed by atoms with van der Waals surface area (Å²) < 4.78 is 0. The molecule has 0 rings (SSSR count). The van der Waals surface area contributed by atoms with Crippen molar-refractivity contribution in [1.82, 2.24) is 4.90 Å². The highest BCUT2D eigenvalue weighted by Crippen LogP contribution is 2.13. The smallest absolute Gasteiger partial charge is 0.232 e. The molecule has 0 heterocycles. The van der Waals surface area contributed by atoms with Gasteiger partial charge in [-0.25, -0.2) is 0 Å². The molecule has 88 valence electrons. The number of rotatable bonds is 6. The van der Waals surface area contributed by atoms with Crippen molar-refractivity contribution >= 4 is 23.1 Å². The Morgan fingerprint density at radius 1 is 1.40 bits per heavy atom. The first kappa shape index (κ1) is 14.4. The zero-order chi connectivity index (χ0) is 12.0. The SMILES string of the molecule is CCCC(C(=O)N(CC)C(C)C)C(N)=S. The van der Waals surface area contributed by atoms with Crippen molar-refractivity contribution in [3.05, 3.63) is 0 Å². The van der Waals surface area contributed by atoms with Crippen LogP contribution in [0.2, 0.25) is 0 Å².